The Labute approximate surface area is 125 Å². The van der Waals surface area contributed by atoms with E-state index in [4.69, 9.17) is 0 Å². The molecular formula is C14H20ClN3O2. The summed E-state index contributed by atoms with van der Waals surface area (Å²) in [5.41, 5.74) is 1.66. The lowest BCUT2D eigenvalue weighted by Gasteiger charge is -2.16. The molecule has 1 aromatic carbocycles. The summed E-state index contributed by atoms with van der Waals surface area (Å²) >= 11 is 0. The van der Waals surface area contributed by atoms with Crippen LogP contribution in [0.4, 0.5) is 11.4 Å². The summed E-state index contributed by atoms with van der Waals surface area (Å²) in [6.45, 7) is 1.44. The van der Waals surface area contributed by atoms with Crippen molar-refractivity contribution in [3.8, 4) is 0 Å². The molecule has 6 heteroatoms. The van der Waals surface area contributed by atoms with Crippen molar-refractivity contribution in [1.29, 1.82) is 0 Å². The molecule has 2 N–H and O–H groups in total. The van der Waals surface area contributed by atoms with E-state index in [1.807, 2.05) is 31.3 Å². The molecule has 0 spiro atoms. The Bertz CT molecular complexity index is 462. The third kappa shape index (κ3) is 4.21. The minimum atomic E-state index is -0.0145. The largest absolute Gasteiger partial charge is 0.326 e. The van der Waals surface area contributed by atoms with Crippen LogP contribution in [0, 0.1) is 0 Å². The van der Waals surface area contributed by atoms with Crippen LogP contribution in [0.2, 0.25) is 0 Å². The van der Waals surface area contributed by atoms with Gasteiger partial charge in [0, 0.05) is 37.3 Å². The maximum absolute atomic E-state index is 11.6. The molecule has 110 valence electrons. The molecule has 1 aromatic rings. The average molecular weight is 298 g/mol. The van der Waals surface area contributed by atoms with Gasteiger partial charge in [0.1, 0.15) is 0 Å². The quantitative estimate of drug-likeness (QED) is 0.871. The fraction of sp³-hybridized carbons (Fsp3) is 0.429. The van der Waals surface area contributed by atoms with Crippen LogP contribution in [-0.4, -0.2) is 32.0 Å². The Hall–Kier alpha value is -1.59. The molecule has 2 rings (SSSR count). The number of nitrogens with one attached hydrogen (secondary N) is 2. The molecule has 1 aliphatic heterocycles. The van der Waals surface area contributed by atoms with E-state index in [2.05, 4.69) is 10.6 Å². The zero-order valence-electron chi connectivity index (χ0n) is 11.5. The van der Waals surface area contributed by atoms with Crippen molar-refractivity contribution < 1.29 is 9.59 Å². The van der Waals surface area contributed by atoms with Crippen LogP contribution in [0.25, 0.3) is 0 Å². The maximum atomic E-state index is 11.6. The number of carbonyl (C=O) groups is 2. The Morgan fingerprint density at radius 2 is 2.00 bits per heavy atom. The minimum absolute atomic E-state index is 0. The second-order valence-electron chi connectivity index (χ2n) is 4.60. The zero-order chi connectivity index (χ0) is 13.7. The number of anilines is 2. The lowest BCUT2D eigenvalue weighted by molar-refractivity contribution is -0.117. The number of carbonyl (C=O) groups excluding carboxylic acids is 2. The van der Waals surface area contributed by atoms with E-state index in [0.717, 1.165) is 24.3 Å². The molecule has 2 amide bonds. The van der Waals surface area contributed by atoms with E-state index < -0.39 is 0 Å². The lowest BCUT2D eigenvalue weighted by atomic mass is 10.2. The van der Waals surface area contributed by atoms with E-state index >= 15 is 0 Å². The van der Waals surface area contributed by atoms with Crippen molar-refractivity contribution in [3.05, 3.63) is 24.3 Å². The van der Waals surface area contributed by atoms with Gasteiger partial charge in [-0.05, 0) is 37.7 Å². The summed E-state index contributed by atoms with van der Waals surface area (Å²) in [5.74, 6) is 0.158. The summed E-state index contributed by atoms with van der Waals surface area (Å²) in [6, 6.07) is 7.41. The number of hydrogen-bond acceptors (Lipinski definition) is 3. The number of rotatable bonds is 5. The number of halogens is 1. The number of benzene rings is 1. The molecule has 0 saturated carbocycles. The van der Waals surface area contributed by atoms with Crippen LogP contribution in [0.5, 0.6) is 0 Å². The highest BCUT2D eigenvalue weighted by atomic mass is 35.5. The van der Waals surface area contributed by atoms with Crippen LogP contribution in [0.1, 0.15) is 19.3 Å². The van der Waals surface area contributed by atoms with E-state index in [1.165, 1.54) is 0 Å². The van der Waals surface area contributed by atoms with Crippen LogP contribution in [0.3, 0.4) is 0 Å². The van der Waals surface area contributed by atoms with Crippen molar-refractivity contribution in [2.24, 2.45) is 0 Å². The highest BCUT2D eigenvalue weighted by molar-refractivity contribution is 5.96. The Morgan fingerprint density at radius 1 is 1.30 bits per heavy atom. The minimum Gasteiger partial charge on any atom is -0.326 e. The lowest BCUT2D eigenvalue weighted by Crippen LogP contribution is -2.23. The molecule has 0 radical (unpaired) electrons. The first kappa shape index (κ1) is 16.5. The maximum Gasteiger partial charge on any atom is 0.227 e. The third-order valence-electron chi connectivity index (χ3n) is 3.14. The first-order chi connectivity index (χ1) is 9.20. The van der Waals surface area contributed by atoms with Gasteiger partial charge in [-0.15, -0.1) is 12.4 Å². The summed E-state index contributed by atoms with van der Waals surface area (Å²) in [5, 5.41) is 5.75. The fourth-order valence-corrected chi connectivity index (χ4v) is 2.11. The molecule has 1 fully saturated rings. The van der Waals surface area contributed by atoms with Gasteiger partial charge in [0.2, 0.25) is 11.8 Å². The van der Waals surface area contributed by atoms with Crippen LogP contribution >= 0.6 is 12.4 Å². The third-order valence-corrected chi connectivity index (χ3v) is 3.14. The highest BCUT2D eigenvalue weighted by Gasteiger charge is 2.21. The molecule has 0 aliphatic carbocycles. The van der Waals surface area contributed by atoms with Gasteiger partial charge < -0.3 is 15.5 Å². The second kappa shape index (κ2) is 7.87. The van der Waals surface area contributed by atoms with Crippen LogP contribution < -0.4 is 15.5 Å². The summed E-state index contributed by atoms with van der Waals surface area (Å²) in [7, 11) is 1.81. The van der Waals surface area contributed by atoms with Crippen molar-refractivity contribution in [2.45, 2.75) is 19.3 Å². The predicted molar refractivity (Wildman–Crippen MR) is 82.5 cm³/mol. The molecule has 5 nitrogen and oxygen atoms in total. The molecular weight excluding hydrogens is 278 g/mol. The molecule has 20 heavy (non-hydrogen) atoms. The second-order valence-corrected chi connectivity index (χ2v) is 4.60. The standard InChI is InChI=1S/C14H19N3O2.ClH/c1-15-9-8-13(18)16-11-4-6-12(7-5-11)17-10-2-3-14(17)19;/h4-7,15H,2-3,8-10H2,1H3,(H,16,18);1H. The van der Waals surface area contributed by atoms with Crippen molar-refractivity contribution in [1.82, 2.24) is 5.32 Å². The Balaban J connectivity index is 0.00000200. The summed E-state index contributed by atoms with van der Waals surface area (Å²) in [6.07, 6.45) is 1.99. The molecule has 0 bridgehead atoms. The van der Waals surface area contributed by atoms with Crippen molar-refractivity contribution in [3.63, 3.8) is 0 Å². The van der Waals surface area contributed by atoms with E-state index in [0.29, 0.717) is 19.4 Å². The number of nitrogens with zero attached hydrogens (tertiary/aromatic N) is 1. The first-order valence-corrected chi connectivity index (χ1v) is 6.55. The van der Waals surface area contributed by atoms with Gasteiger partial charge in [0.15, 0.2) is 0 Å². The van der Waals surface area contributed by atoms with Gasteiger partial charge in [-0.25, -0.2) is 0 Å². The average Bonchev–Trinajstić information content (AvgIpc) is 2.83. The molecule has 0 unspecified atom stereocenters. The van der Waals surface area contributed by atoms with Gasteiger partial charge in [-0.2, -0.15) is 0 Å². The van der Waals surface area contributed by atoms with Crippen LogP contribution in [0.15, 0.2) is 24.3 Å². The van der Waals surface area contributed by atoms with Gasteiger partial charge in [-0.1, -0.05) is 0 Å². The zero-order valence-corrected chi connectivity index (χ0v) is 12.3. The van der Waals surface area contributed by atoms with Gasteiger partial charge in [-0.3, -0.25) is 9.59 Å². The summed E-state index contributed by atoms with van der Waals surface area (Å²) < 4.78 is 0. The normalized spacial score (nSPS) is 14.1. The molecule has 0 aromatic heterocycles. The smallest absolute Gasteiger partial charge is 0.227 e. The monoisotopic (exact) mass is 297 g/mol. The van der Waals surface area contributed by atoms with Gasteiger partial charge in [0.05, 0.1) is 0 Å². The number of hydrogen-bond donors (Lipinski definition) is 2. The van der Waals surface area contributed by atoms with Crippen LogP contribution in [-0.2, 0) is 9.59 Å². The molecule has 0 atom stereocenters. The molecule has 1 saturated heterocycles. The van der Waals surface area contributed by atoms with E-state index in [-0.39, 0.29) is 24.2 Å². The topological polar surface area (TPSA) is 61.4 Å². The van der Waals surface area contributed by atoms with Crippen molar-refractivity contribution >= 4 is 35.6 Å². The van der Waals surface area contributed by atoms with Gasteiger partial charge in [0.25, 0.3) is 0 Å². The number of amides is 2. The Kier molecular flexibility index (Phi) is 6.48. The molecule has 1 heterocycles. The fourth-order valence-electron chi connectivity index (χ4n) is 2.11. The predicted octanol–water partition coefficient (Wildman–Crippen LogP) is 1.78. The summed E-state index contributed by atoms with van der Waals surface area (Å²) in [4.78, 5) is 24.9. The molecule has 1 aliphatic rings. The SMILES string of the molecule is CNCCC(=O)Nc1ccc(N2CCCC2=O)cc1.Cl. The van der Waals surface area contributed by atoms with E-state index in [1.54, 1.807) is 4.90 Å². The van der Waals surface area contributed by atoms with Crippen molar-refractivity contribution in [2.75, 3.05) is 30.4 Å². The first-order valence-electron chi connectivity index (χ1n) is 6.55. The highest BCUT2D eigenvalue weighted by Crippen LogP contribution is 2.22. The Morgan fingerprint density at radius 3 is 2.55 bits per heavy atom. The van der Waals surface area contributed by atoms with Gasteiger partial charge >= 0.3 is 0 Å². The van der Waals surface area contributed by atoms with E-state index in [9.17, 15) is 9.59 Å².